The van der Waals surface area contributed by atoms with Crippen molar-refractivity contribution in [1.82, 2.24) is 5.32 Å². The Morgan fingerprint density at radius 2 is 1.35 bits per heavy atom. The van der Waals surface area contributed by atoms with Gasteiger partial charge in [0.1, 0.15) is 11.6 Å². The average Bonchev–Trinajstić information content (AvgIpc) is 2.48. The molecule has 0 unspecified atom stereocenters. The molecule has 2 aromatic rings. The minimum atomic E-state index is -0.264. The molecule has 0 aliphatic rings. The van der Waals surface area contributed by atoms with E-state index >= 15 is 0 Å². The molecule has 0 saturated heterocycles. The molecule has 0 aliphatic carbocycles. The normalized spacial score (nSPS) is 9.35. The molecule has 1 amide bonds. The molecule has 2 aromatic carbocycles. The van der Waals surface area contributed by atoms with Crippen LogP contribution in [0, 0.1) is 11.6 Å². The highest BCUT2D eigenvalue weighted by molar-refractivity contribution is 5.46. The summed E-state index contributed by atoms with van der Waals surface area (Å²) in [6.45, 7) is 0.921. The third kappa shape index (κ3) is 6.06. The number of hydrogen-bond donors (Lipinski definition) is 2. The maximum Gasteiger partial charge on any atom is 0.207 e. The van der Waals surface area contributed by atoms with Crippen molar-refractivity contribution in [3.8, 4) is 0 Å². The lowest BCUT2D eigenvalue weighted by molar-refractivity contribution is -0.109. The molecule has 0 bridgehead atoms. The van der Waals surface area contributed by atoms with E-state index in [1.807, 2.05) is 0 Å². The molecule has 20 heavy (non-hydrogen) atoms. The summed E-state index contributed by atoms with van der Waals surface area (Å²) in [6.07, 6.45) is 0.614. The highest BCUT2D eigenvalue weighted by atomic mass is 19.1. The Morgan fingerprint density at radius 1 is 0.900 bits per heavy atom. The molecule has 5 heteroatoms. The maximum absolute atomic E-state index is 12.3. The molecule has 0 spiro atoms. The summed E-state index contributed by atoms with van der Waals surface area (Å²) in [5, 5.41) is 2.48. The van der Waals surface area contributed by atoms with Crippen molar-refractivity contribution >= 4 is 6.41 Å². The van der Waals surface area contributed by atoms with Crippen LogP contribution in [0.25, 0.3) is 0 Å². The molecule has 0 heterocycles. The molecule has 0 aromatic heterocycles. The molecule has 106 valence electrons. The highest BCUT2D eigenvalue weighted by Gasteiger charge is 1.91. The van der Waals surface area contributed by atoms with Gasteiger partial charge in [-0.2, -0.15) is 0 Å². The number of carbonyl (C=O) groups is 1. The summed E-state index contributed by atoms with van der Waals surface area (Å²) in [7, 11) is 0. The second kappa shape index (κ2) is 8.77. The van der Waals surface area contributed by atoms with Gasteiger partial charge < -0.3 is 11.1 Å². The van der Waals surface area contributed by atoms with Crippen LogP contribution in [0.5, 0.6) is 0 Å². The van der Waals surface area contributed by atoms with Crippen LogP contribution in [0.1, 0.15) is 11.1 Å². The third-order valence-electron chi connectivity index (χ3n) is 2.45. The number of nitrogens with two attached hydrogens (primary N) is 1. The largest absolute Gasteiger partial charge is 0.355 e. The first kappa shape index (κ1) is 15.8. The van der Waals surface area contributed by atoms with Crippen LogP contribution in [-0.4, -0.2) is 6.41 Å². The minimum absolute atomic E-state index is 0.216. The zero-order valence-electron chi connectivity index (χ0n) is 10.9. The Kier molecular flexibility index (Phi) is 6.92. The molecule has 3 nitrogen and oxygen atoms in total. The first-order valence-corrected chi connectivity index (χ1v) is 6.01. The lowest BCUT2D eigenvalue weighted by Crippen LogP contribution is -2.09. The molecule has 0 radical (unpaired) electrons. The number of carbonyl (C=O) groups excluding carboxylic acids is 1. The average molecular weight is 278 g/mol. The Morgan fingerprint density at radius 3 is 1.75 bits per heavy atom. The van der Waals surface area contributed by atoms with E-state index in [1.165, 1.54) is 24.3 Å². The van der Waals surface area contributed by atoms with E-state index in [0.717, 1.165) is 11.1 Å². The molecule has 0 atom stereocenters. The van der Waals surface area contributed by atoms with Gasteiger partial charge in [0.2, 0.25) is 6.41 Å². The van der Waals surface area contributed by atoms with Crippen LogP contribution in [0.15, 0.2) is 48.5 Å². The quantitative estimate of drug-likeness (QED) is 0.844. The smallest absolute Gasteiger partial charge is 0.207 e. The van der Waals surface area contributed by atoms with Gasteiger partial charge in [-0.3, -0.25) is 4.79 Å². The summed E-state index contributed by atoms with van der Waals surface area (Å²) in [4.78, 5) is 9.86. The summed E-state index contributed by atoms with van der Waals surface area (Å²) in [5.41, 5.74) is 7.12. The Labute approximate surface area is 116 Å². The van der Waals surface area contributed by atoms with Crippen LogP contribution in [0.3, 0.4) is 0 Å². The molecular formula is C15H16F2N2O. The van der Waals surface area contributed by atoms with Gasteiger partial charge >= 0.3 is 0 Å². The lowest BCUT2D eigenvalue weighted by atomic mass is 10.2. The fourth-order valence-electron chi connectivity index (χ4n) is 1.38. The first-order chi connectivity index (χ1) is 9.65. The topological polar surface area (TPSA) is 55.1 Å². The molecule has 2 rings (SSSR count). The van der Waals surface area contributed by atoms with Crippen molar-refractivity contribution in [2.75, 3.05) is 0 Å². The number of nitrogens with one attached hydrogen (secondary N) is 1. The van der Waals surface area contributed by atoms with Crippen molar-refractivity contribution in [2.45, 2.75) is 13.1 Å². The maximum atomic E-state index is 12.3. The third-order valence-corrected chi connectivity index (χ3v) is 2.45. The summed E-state index contributed by atoms with van der Waals surface area (Å²) >= 11 is 0. The predicted molar refractivity (Wildman–Crippen MR) is 73.6 cm³/mol. The monoisotopic (exact) mass is 278 g/mol. The van der Waals surface area contributed by atoms with E-state index < -0.39 is 0 Å². The molecular weight excluding hydrogens is 262 g/mol. The first-order valence-electron chi connectivity index (χ1n) is 6.01. The number of rotatable bonds is 4. The van der Waals surface area contributed by atoms with Crippen molar-refractivity contribution < 1.29 is 13.6 Å². The summed E-state index contributed by atoms with van der Waals surface area (Å²) < 4.78 is 24.5. The lowest BCUT2D eigenvalue weighted by Gasteiger charge is -1.97. The molecule has 3 N–H and O–H groups in total. The van der Waals surface area contributed by atoms with Crippen molar-refractivity contribution in [1.29, 1.82) is 0 Å². The van der Waals surface area contributed by atoms with E-state index in [-0.39, 0.29) is 11.6 Å². The zero-order chi connectivity index (χ0) is 14.8. The fourth-order valence-corrected chi connectivity index (χ4v) is 1.38. The number of hydrogen-bond acceptors (Lipinski definition) is 2. The minimum Gasteiger partial charge on any atom is -0.355 e. The van der Waals surface area contributed by atoms with Gasteiger partial charge in [-0.25, -0.2) is 8.78 Å². The second-order valence-electron chi connectivity index (χ2n) is 3.96. The van der Waals surface area contributed by atoms with Crippen molar-refractivity contribution in [3.63, 3.8) is 0 Å². The molecule has 0 aliphatic heterocycles. The SMILES string of the molecule is NCc1ccc(F)cc1.O=CNCc1ccc(F)cc1. The van der Waals surface area contributed by atoms with Gasteiger partial charge in [0.15, 0.2) is 0 Å². The Bertz CT molecular complexity index is 512. The van der Waals surface area contributed by atoms with E-state index in [0.29, 0.717) is 19.5 Å². The summed E-state index contributed by atoms with van der Waals surface area (Å²) in [5.74, 6) is -0.480. The van der Waals surface area contributed by atoms with Gasteiger partial charge in [0.05, 0.1) is 0 Å². The Balaban J connectivity index is 0.000000204. The van der Waals surface area contributed by atoms with E-state index in [2.05, 4.69) is 5.32 Å². The summed E-state index contributed by atoms with van der Waals surface area (Å²) in [6, 6.07) is 12.1. The van der Waals surface area contributed by atoms with Crippen molar-refractivity contribution in [2.24, 2.45) is 5.73 Å². The zero-order valence-corrected chi connectivity index (χ0v) is 10.9. The van der Waals surface area contributed by atoms with E-state index in [1.54, 1.807) is 24.3 Å². The molecule has 0 fully saturated rings. The van der Waals surface area contributed by atoms with Crippen LogP contribution in [-0.2, 0) is 17.9 Å². The van der Waals surface area contributed by atoms with Crippen LogP contribution in [0.4, 0.5) is 8.78 Å². The fraction of sp³-hybridized carbons (Fsp3) is 0.133. The van der Waals surface area contributed by atoms with Gasteiger partial charge in [-0.1, -0.05) is 24.3 Å². The number of halogens is 2. The predicted octanol–water partition coefficient (Wildman–Crippen LogP) is 2.36. The highest BCUT2D eigenvalue weighted by Crippen LogP contribution is 2.01. The second-order valence-corrected chi connectivity index (χ2v) is 3.96. The van der Waals surface area contributed by atoms with E-state index in [9.17, 15) is 13.6 Å². The Hall–Kier alpha value is -2.27. The van der Waals surface area contributed by atoms with Gasteiger partial charge in [0, 0.05) is 13.1 Å². The van der Waals surface area contributed by atoms with Crippen LogP contribution >= 0.6 is 0 Å². The van der Waals surface area contributed by atoms with Crippen molar-refractivity contribution in [3.05, 3.63) is 71.3 Å². The van der Waals surface area contributed by atoms with Crippen LogP contribution < -0.4 is 11.1 Å². The van der Waals surface area contributed by atoms with Gasteiger partial charge in [-0.05, 0) is 35.4 Å². The van der Waals surface area contributed by atoms with Crippen LogP contribution in [0.2, 0.25) is 0 Å². The number of amides is 1. The van der Waals surface area contributed by atoms with Gasteiger partial charge in [-0.15, -0.1) is 0 Å². The number of benzene rings is 2. The standard InChI is InChI=1S/C8H8FNO.C7H8FN/c9-8-3-1-7(2-4-8)5-10-6-11;8-7-3-1-6(5-9)2-4-7/h1-4,6H,5H2,(H,10,11);1-4H,5,9H2. The van der Waals surface area contributed by atoms with E-state index in [4.69, 9.17) is 5.73 Å². The van der Waals surface area contributed by atoms with Gasteiger partial charge in [0.25, 0.3) is 0 Å². The molecule has 0 saturated carbocycles.